The van der Waals surface area contributed by atoms with Crippen LogP contribution in [0.5, 0.6) is 0 Å². The number of sulfonamides is 1. The van der Waals surface area contributed by atoms with Crippen molar-refractivity contribution >= 4 is 15.9 Å². The average molecular weight is 478 g/mol. The largest absolute Gasteiger partial charge is 0.352 e. The summed E-state index contributed by atoms with van der Waals surface area (Å²) in [5, 5.41) is 2.94. The van der Waals surface area contributed by atoms with E-state index in [-0.39, 0.29) is 24.9 Å². The number of rotatable bonds is 7. The van der Waals surface area contributed by atoms with Gasteiger partial charge in [0.25, 0.3) is 0 Å². The van der Waals surface area contributed by atoms with Crippen molar-refractivity contribution in [3.63, 3.8) is 0 Å². The second-order valence-corrected chi connectivity index (χ2v) is 10.7. The minimum Gasteiger partial charge on any atom is -0.352 e. The summed E-state index contributed by atoms with van der Waals surface area (Å²) in [5.41, 5.74) is 2.27. The first kappa shape index (κ1) is 23.8. The predicted octanol–water partition coefficient (Wildman–Crippen LogP) is 3.28. The highest BCUT2D eigenvalue weighted by Crippen LogP contribution is 2.26. The number of amides is 1. The van der Waals surface area contributed by atoms with E-state index in [1.165, 1.54) is 18.4 Å². The molecule has 2 aliphatic heterocycles. The van der Waals surface area contributed by atoms with Crippen LogP contribution in [0.2, 0.25) is 0 Å². The van der Waals surface area contributed by atoms with Crippen LogP contribution in [-0.4, -0.2) is 49.7 Å². The van der Waals surface area contributed by atoms with Crippen LogP contribution >= 0.6 is 0 Å². The molecule has 1 N–H and O–H groups in total. The highest BCUT2D eigenvalue weighted by molar-refractivity contribution is 7.89. The van der Waals surface area contributed by atoms with Gasteiger partial charge in [-0.2, -0.15) is 4.31 Å². The van der Waals surface area contributed by atoms with Crippen LogP contribution in [0.15, 0.2) is 47.4 Å². The van der Waals surface area contributed by atoms with Gasteiger partial charge in [0.05, 0.1) is 0 Å². The van der Waals surface area contributed by atoms with Gasteiger partial charge in [-0.3, -0.25) is 9.69 Å². The van der Waals surface area contributed by atoms with Crippen molar-refractivity contribution in [3.8, 4) is 0 Å². The summed E-state index contributed by atoms with van der Waals surface area (Å²) in [6.45, 7) is 3.83. The van der Waals surface area contributed by atoms with E-state index < -0.39 is 26.6 Å². The lowest BCUT2D eigenvalue weighted by molar-refractivity contribution is -0.126. The SMILES string of the molecule is O=C(NCc1ccc(CN2CCCC2)cc1)C1CCN(S(=O)(=O)c2cc(F)ccc2F)CC1. The average Bonchev–Trinajstić information content (AvgIpc) is 3.33. The number of likely N-dealkylation sites (tertiary alicyclic amines) is 1. The van der Waals surface area contributed by atoms with Gasteiger partial charge in [-0.15, -0.1) is 0 Å². The lowest BCUT2D eigenvalue weighted by Crippen LogP contribution is -2.43. The van der Waals surface area contributed by atoms with Gasteiger partial charge in [0.1, 0.15) is 16.5 Å². The lowest BCUT2D eigenvalue weighted by Gasteiger charge is -2.30. The van der Waals surface area contributed by atoms with E-state index in [2.05, 4.69) is 22.3 Å². The fourth-order valence-electron chi connectivity index (χ4n) is 4.47. The molecule has 9 heteroatoms. The number of carbonyl (C=O) groups is 1. The monoisotopic (exact) mass is 477 g/mol. The van der Waals surface area contributed by atoms with E-state index in [0.717, 1.165) is 41.6 Å². The first-order chi connectivity index (χ1) is 15.8. The second-order valence-electron chi connectivity index (χ2n) is 8.77. The van der Waals surface area contributed by atoms with Crippen LogP contribution < -0.4 is 5.32 Å². The molecule has 33 heavy (non-hydrogen) atoms. The van der Waals surface area contributed by atoms with Crippen molar-refractivity contribution in [1.29, 1.82) is 0 Å². The number of carbonyl (C=O) groups excluding carboxylic acids is 1. The Hall–Kier alpha value is -2.36. The zero-order valence-electron chi connectivity index (χ0n) is 18.5. The number of benzene rings is 2. The summed E-state index contributed by atoms with van der Waals surface area (Å²) < 4.78 is 53.9. The van der Waals surface area contributed by atoms with E-state index in [1.54, 1.807) is 0 Å². The number of hydrogen-bond donors (Lipinski definition) is 1. The van der Waals surface area contributed by atoms with Crippen molar-refractivity contribution in [2.24, 2.45) is 5.92 Å². The summed E-state index contributed by atoms with van der Waals surface area (Å²) in [4.78, 5) is 14.4. The van der Waals surface area contributed by atoms with E-state index >= 15 is 0 Å². The third kappa shape index (κ3) is 5.77. The van der Waals surface area contributed by atoms with Gasteiger partial charge in [0.2, 0.25) is 15.9 Å². The minimum absolute atomic E-state index is 0.0849. The van der Waals surface area contributed by atoms with E-state index in [4.69, 9.17) is 0 Å². The van der Waals surface area contributed by atoms with Crippen LogP contribution in [0.4, 0.5) is 8.78 Å². The molecule has 178 valence electrons. The van der Waals surface area contributed by atoms with Gasteiger partial charge in [-0.25, -0.2) is 17.2 Å². The molecule has 2 aliphatic rings. The Morgan fingerprint density at radius 3 is 2.24 bits per heavy atom. The molecule has 2 aromatic carbocycles. The molecule has 0 unspecified atom stereocenters. The van der Waals surface area contributed by atoms with E-state index in [0.29, 0.717) is 25.5 Å². The van der Waals surface area contributed by atoms with Crippen molar-refractivity contribution < 1.29 is 22.0 Å². The van der Waals surface area contributed by atoms with Crippen LogP contribution in [0.25, 0.3) is 0 Å². The van der Waals surface area contributed by atoms with Gasteiger partial charge in [-0.1, -0.05) is 24.3 Å². The van der Waals surface area contributed by atoms with Gasteiger partial charge >= 0.3 is 0 Å². The van der Waals surface area contributed by atoms with Gasteiger partial charge in [0.15, 0.2) is 0 Å². The third-order valence-electron chi connectivity index (χ3n) is 6.43. The molecule has 1 amide bonds. The third-order valence-corrected chi connectivity index (χ3v) is 8.34. The van der Waals surface area contributed by atoms with Crippen LogP contribution in [0, 0.1) is 17.6 Å². The molecular weight excluding hydrogens is 448 g/mol. The molecule has 4 rings (SSSR count). The molecule has 0 bridgehead atoms. The Kier molecular flexibility index (Phi) is 7.41. The van der Waals surface area contributed by atoms with Gasteiger partial charge in [-0.05, 0) is 68.1 Å². The maximum atomic E-state index is 14.0. The smallest absolute Gasteiger partial charge is 0.246 e. The predicted molar refractivity (Wildman–Crippen MR) is 121 cm³/mol. The normalized spacial score (nSPS) is 18.5. The molecule has 0 radical (unpaired) electrons. The second kappa shape index (κ2) is 10.3. The number of nitrogens with zero attached hydrogens (tertiary/aromatic N) is 2. The van der Waals surface area contributed by atoms with Crippen molar-refractivity contribution in [2.45, 2.75) is 43.7 Å². The highest BCUT2D eigenvalue weighted by atomic mass is 32.2. The van der Waals surface area contributed by atoms with Crippen LogP contribution in [0.1, 0.15) is 36.8 Å². The lowest BCUT2D eigenvalue weighted by atomic mass is 9.97. The van der Waals surface area contributed by atoms with Gasteiger partial charge in [0, 0.05) is 32.1 Å². The molecule has 0 spiro atoms. The minimum atomic E-state index is -4.15. The maximum absolute atomic E-state index is 14.0. The fourth-order valence-corrected chi connectivity index (χ4v) is 6.01. The molecular formula is C24H29F2N3O3S. The number of nitrogens with one attached hydrogen (secondary N) is 1. The molecule has 0 saturated carbocycles. The first-order valence-corrected chi connectivity index (χ1v) is 12.8. The zero-order valence-corrected chi connectivity index (χ0v) is 19.3. The molecule has 0 atom stereocenters. The quantitative estimate of drug-likeness (QED) is 0.665. The number of halogens is 2. The molecule has 0 aliphatic carbocycles. The number of piperidine rings is 1. The Morgan fingerprint density at radius 1 is 0.939 bits per heavy atom. The molecule has 6 nitrogen and oxygen atoms in total. The van der Waals surface area contributed by atoms with Crippen molar-refractivity contribution in [3.05, 3.63) is 65.2 Å². The zero-order chi connectivity index (χ0) is 23.4. The Labute approximate surface area is 193 Å². The molecule has 2 saturated heterocycles. The number of hydrogen-bond acceptors (Lipinski definition) is 4. The molecule has 2 fully saturated rings. The highest BCUT2D eigenvalue weighted by Gasteiger charge is 2.33. The standard InChI is InChI=1S/C24H29F2N3O3S/c25-21-7-8-22(26)23(15-21)33(31,32)29-13-9-20(10-14-29)24(30)27-16-18-3-5-19(6-4-18)17-28-11-1-2-12-28/h3-8,15,20H,1-2,9-14,16-17H2,(H,27,30). The summed E-state index contributed by atoms with van der Waals surface area (Å²) in [6, 6.07) is 10.6. The topological polar surface area (TPSA) is 69.7 Å². The maximum Gasteiger partial charge on any atom is 0.246 e. The molecule has 2 aromatic rings. The Balaban J connectivity index is 1.26. The van der Waals surface area contributed by atoms with Crippen molar-refractivity contribution in [2.75, 3.05) is 26.2 Å². The van der Waals surface area contributed by atoms with Crippen molar-refractivity contribution in [1.82, 2.24) is 14.5 Å². The Bertz CT molecular complexity index is 1080. The summed E-state index contributed by atoms with van der Waals surface area (Å²) in [5.74, 6) is -2.23. The van der Waals surface area contributed by atoms with Gasteiger partial charge < -0.3 is 5.32 Å². The summed E-state index contributed by atoms with van der Waals surface area (Å²) >= 11 is 0. The molecule has 0 aromatic heterocycles. The summed E-state index contributed by atoms with van der Waals surface area (Å²) in [6.07, 6.45) is 3.18. The molecule has 2 heterocycles. The Morgan fingerprint density at radius 2 is 1.58 bits per heavy atom. The van der Waals surface area contributed by atoms with Crippen LogP contribution in [0.3, 0.4) is 0 Å². The van der Waals surface area contributed by atoms with E-state index in [9.17, 15) is 22.0 Å². The van der Waals surface area contributed by atoms with E-state index in [1.807, 2.05) is 12.1 Å². The summed E-state index contributed by atoms with van der Waals surface area (Å²) in [7, 11) is -4.15. The fraction of sp³-hybridized carbons (Fsp3) is 0.458. The van der Waals surface area contributed by atoms with Crippen LogP contribution in [-0.2, 0) is 27.9 Å². The first-order valence-electron chi connectivity index (χ1n) is 11.4.